The van der Waals surface area contributed by atoms with Crippen LogP contribution in [0.5, 0.6) is 0 Å². The third-order valence-electron chi connectivity index (χ3n) is 3.70. The number of aromatic nitrogens is 2. The third kappa shape index (κ3) is 3.10. The van der Waals surface area contributed by atoms with E-state index >= 15 is 0 Å². The highest BCUT2D eigenvalue weighted by atomic mass is 32.1. The first-order valence-electron chi connectivity index (χ1n) is 7.31. The Kier molecular flexibility index (Phi) is 4.36. The lowest BCUT2D eigenvalue weighted by atomic mass is 10.1. The van der Waals surface area contributed by atoms with Gasteiger partial charge in [0.2, 0.25) is 0 Å². The van der Waals surface area contributed by atoms with Crippen molar-refractivity contribution in [2.45, 2.75) is 19.4 Å². The van der Waals surface area contributed by atoms with Crippen LogP contribution >= 0.6 is 11.3 Å². The van der Waals surface area contributed by atoms with Crippen LogP contribution in [0.25, 0.3) is 10.2 Å². The van der Waals surface area contributed by atoms with Crippen LogP contribution in [0.1, 0.15) is 23.9 Å². The fourth-order valence-electron chi connectivity index (χ4n) is 2.50. The number of hydrogen-bond donors (Lipinski definition) is 1. The Bertz CT molecular complexity index is 757. The van der Waals surface area contributed by atoms with Gasteiger partial charge in [-0.2, -0.15) is 0 Å². The summed E-state index contributed by atoms with van der Waals surface area (Å²) in [6.07, 6.45) is 0.208. The Hall–Kier alpha value is -1.98. The van der Waals surface area contributed by atoms with E-state index in [0.29, 0.717) is 6.42 Å². The van der Waals surface area contributed by atoms with E-state index in [1.807, 2.05) is 49.7 Å². The fourth-order valence-corrected chi connectivity index (χ4v) is 3.30. The van der Waals surface area contributed by atoms with Crippen LogP contribution in [0.4, 0.5) is 5.82 Å². The first kappa shape index (κ1) is 14.9. The van der Waals surface area contributed by atoms with Crippen molar-refractivity contribution >= 4 is 27.4 Å². The van der Waals surface area contributed by atoms with Gasteiger partial charge in [0, 0.05) is 13.6 Å². The molecular weight excluding hydrogens is 294 g/mol. The topological polar surface area (TPSA) is 49.2 Å². The van der Waals surface area contributed by atoms with E-state index in [0.717, 1.165) is 34.0 Å². The van der Waals surface area contributed by atoms with Gasteiger partial charge in [-0.15, -0.1) is 11.3 Å². The van der Waals surface area contributed by atoms with Crippen LogP contribution in [0.3, 0.4) is 0 Å². The zero-order valence-electron chi connectivity index (χ0n) is 12.7. The minimum absolute atomic E-state index is 0.454. The highest BCUT2D eigenvalue weighted by Gasteiger charge is 2.13. The smallest absolute Gasteiger partial charge is 0.140 e. The number of rotatable bonds is 5. The van der Waals surface area contributed by atoms with Crippen molar-refractivity contribution in [3.8, 4) is 0 Å². The standard InChI is InChI=1S/C17H19N3OS/c1-12-18-16(14-9-11-22-17(14)19-12)20(2)10-8-15(21)13-6-4-3-5-7-13/h3-7,9,11,15,21H,8,10H2,1-2H3/t15-/m1/s1. The molecule has 0 saturated carbocycles. The van der Waals surface area contributed by atoms with Gasteiger partial charge in [0.25, 0.3) is 0 Å². The number of anilines is 1. The second kappa shape index (κ2) is 6.42. The number of hydrogen-bond acceptors (Lipinski definition) is 5. The minimum atomic E-state index is -0.454. The van der Waals surface area contributed by atoms with Gasteiger partial charge in [0.15, 0.2) is 0 Å². The summed E-state index contributed by atoms with van der Waals surface area (Å²) in [6.45, 7) is 2.65. The molecule has 0 aliphatic carbocycles. The quantitative estimate of drug-likeness (QED) is 0.782. The van der Waals surface area contributed by atoms with E-state index in [1.54, 1.807) is 11.3 Å². The molecule has 114 valence electrons. The first-order chi connectivity index (χ1) is 10.6. The maximum atomic E-state index is 10.3. The molecule has 1 N–H and O–H groups in total. The van der Waals surface area contributed by atoms with Crippen molar-refractivity contribution in [2.75, 3.05) is 18.5 Å². The monoisotopic (exact) mass is 313 g/mol. The van der Waals surface area contributed by atoms with Gasteiger partial charge in [-0.05, 0) is 30.4 Å². The molecule has 3 rings (SSSR count). The minimum Gasteiger partial charge on any atom is -0.388 e. The maximum absolute atomic E-state index is 10.3. The number of fused-ring (bicyclic) bond motifs is 1. The van der Waals surface area contributed by atoms with Gasteiger partial charge >= 0.3 is 0 Å². The molecule has 5 heteroatoms. The third-order valence-corrected chi connectivity index (χ3v) is 4.51. The van der Waals surface area contributed by atoms with E-state index in [-0.39, 0.29) is 0 Å². The second-order valence-electron chi connectivity index (χ2n) is 5.37. The lowest BCUT2D eigenvalue weighted by molar-refractivity contribution is 0.170. The van der Waals surface area contributed by atoms with E-state index in [1.165, 1.54) is 0 Å². The average Bonchev–Trinajstić information content (AvgIpc) is 3.00. The molecule has 3 aromatic rings. The molecule has 0 fully saturated rings. The molecule has 0 spiro atoms. The summed E-state index contributed by atoms with van der Waals surface area (Å²) < 4.78 is 0. The summed E-state index contributed by atoms with van der Waals surface area (Å²) in [5.74, 6) is 1.71. The summed E-state index contributed by atoms with van der Waals surface area (Å²) in [4.78, 5) is 12.1. The van der Waals surface area contributed by atoms with Crippen LogP contribution in [0.15, 0.2) is 41.8 Å². The van der Waals surface area contributed by atoms with Crippen LogP contribution in [-0.2, 0) is 0 Å². The number of thiophene rings is 1. The van der Waals surface area contributed by atoms with Crippen molar-refractivity contribution in [1.29, 1.82) is 0 Å². The Labute approximate surface area is 134 Å². The van der Waals surface area contributed by atoms with Gasteiger partial charge in [-0.25, -0.2) is 9.97 Å². The lowest BCUT2D eigenvalue weighted by Gasteiger charge is -2.21. The van der Waals surface area contributed by atoms with Crippen LogP contribution in [0.2, 0.25) is 0 Å². The molecule has 22 heavy (non-hydrogen) atoms. The number of nitrogens with zero attached hydrogens (tertiary/aromatic N) is 3. The predicted octanol–water partition coefficient (Wildman–Crippen LogP) is 3.56. The number of aliphatic hydroxyl groups excluding tert-OH is 1. The zero-order valence-corrected chi connectivity index (χ0v) is 13.5. The lowest BCUT2D eigenvalue weighted by Crippen LogP contribution is -2.22. The van der Waals surface area contributed by atoms with Crippen molar-refractivity contribution in [2.24, 2.45) is 0 Å². The highest BCUT2D eigenvalue weighted by Crippen LogP contribution is 2.27. The summed E-state index contributed by atoms with van der Waals surface area (Å²) in [6, 6.07) is 11.8. The second-order valence-corrected chi connectivity index (χ2v) is 6.27. The molecule has 2 aromatic heterocycles. The van der Waals surface area contributed by atoms with E-state index in [4.69, 9.17) is 0 Å². The highest BCUT2D eigenvalue weighted by molar-refractivity contribution is 7.16. The van der Waals surface area contributed by atoms with Crippen molar-refractivity contribution < 1.29 is 5.11 Å². The Morgan fingerprint density at radius 3 is 2.73 bits per heavy atom. The van der Waals surface area contributed by atoms with Crippen molar-refractivity contribution in [3.05, 3.63) is 53.2 Å². The van der Waals surface area contributed by atoms with Gasteiger partial charge in [-0.3, -0.25) is 0 Å². The fraction of sp³-hybridized carbons (Fsp3) is 0.294. The maximum Gasteiger partial charge on any atom is 0.140 e. The molecule has 0 radical (unpaired) electrons. The number of aryl methyl sites for hydroxylation is 1. The number of benzene rings is 1. The van der Waals surface area contributed by atoms with Gasteiger partial charge in [-0.1, -0.05) is 30.3 Å². The predicted molar refractivity (Wildman–Crippen MR) is 91.4 cm³/mol. The normalized spacial score (nSPS) is 12.5. The molecule has 0 aliphatic heterocycles. The Morgan fingerprint density at radius 2 is 1.95 bits per heavy atom. The molecule has 1 aromatic carbocycles. The SMILES string of the molecule is Cc1nc(N(C)CC[C@@H](O)c2ccccc2)c2ccsc2n1. The number of aliphatic hydroxyl groups is 1. The zero-order chi connectivity index (χ0) is 15.5. The van der Waals surface area contributed by atoms with Crippen molar-refractivity contribution in [1.82, 2.24) is 9.97 Å². The van der Waals surface area contributed by atoms with Gasteiger partial charge in [0.1, 0.15) is 16.5 Å². The molecule has 0 aliphatic rings. The Morgan fingerprint density at radius 1 is 1.18 bits per heavy atom. The van der Waals surface area contributed by atoms with E-state index in [9.17, 15) is 5.11 Å². The largest absolute Gasteiger partial charge is 0.388 e. The van der Waals surface area contributed by atoms with E-state index in [2.05, 4.69) is 20.9 Å². The van der Waals surface area contributed by atoms with E-state index < -0.39 is 6.10 Å². The van der Waals surface area contributed by atoms with Gasteiger partial charge in [0.05, 0.1) is 11.5 Å². The summed E-state index contributed by atoms with van der Waals surface area (Å²) >= 11 is 1.63. The Balaban J connectivity index is 1.74. The molecule has 0 saturated heterocycles. The average molecular weight is 313 g/mol. The summed E-state index contributed by atoms with van der Waals surface area (Å²) in [5.41, 5.74) is 0.954. The first-order valence-corrected chi connectivity index (χ1v) is 8.19. The molecule has 0 bridgehead atoms. The van der Waals surface area contributed by atoms with Gasteiger partial charge < -0.3 is 10.0 Å². The molecule has 0 amide bonds. The molecular formula is C17H19N3OS. The molecule has 1 atom stereocenters. The van der Waals surface area contributed by atoms with Crippen LogP contribution in [-0.4, -0.2) is 28.7 Å². The summed E-state index contributed by atoms with van der Waals surface area (Å²) in [5, 5.41) is 13.4. The molecule has 2 heterocycles. The van der Waals surface area contributed by atoms with Crippen molar-refractivity contribution in [3.63, 3.8) is 0 Å². The van der Waals surface area contributed by atoms with Crippen LogP contribution in [0, 0.1) is 6.92 Å². The summed E-state index contributed by atoms with van der Waals surface area (Å²) in [7, 11) is 2.01. The van der Waals surface area contributed by atoms with Crippen LogP contribution < -0.4 is 4.90 Å². The molecule has 4 nitrogen and oxygen atoms in total. The molecule has 0 unspecified atom stereocenters.